The molecule has 1 rings (SSSR count). The molecule has 0 bridgehead atoms. The molecule has 0 unspecified atom stereocenters. The van der Waals surface area contributed by atoms with Crippen molar-refractivity contribution in [2.24, 2.45) is 0 Å². The zero-order chi connectivity index (χ0) is 11.3. The fraction of sp³-hybridized carbons (Fsp3) is 0.308. The Labute approximate surface area is 90.6 Å². The van der Waals surface area contributed by atoms with Crippen molar-refractivity contribution in [2.75, 3.05) is 6.61 Å². The maximum atomic E-state index is 11.5. The molecule has 2 nitrogen and oxygen atoms in total. The predicted molar refractivity (Wildman–Crippen MR) is 60.9 cm³/mol. The molecule has 0 saturated carbocycles. The van der Waals surface area contributed by atoms with Crippen LogP contribution in [0.25, 0.3) is 0 Å². The lowest BCUT2D eigenvalue weighted by atomic mass is 10.1. The summed E-state index contributed by atoms with van der Waals surface area (Å²) in [6, 6.07) is 7.47. The van der Waals surface area contributed by atoms with Crippen molar-refractivity contribution in [1.82, 2.24) is 0 Å². The number of hydrogen-bond acceptors (Lipinski definition) is 2. The Kier molecular flexibility index (Phi) is 4.10. The summed E-state index contributed by atoms with van der Waals surface area (Å²) in [7, 11) is 0. The van der Waals surface area contributed by atoms with Gasteiger partial charge in [0.25, 0.3) is 0 Å². The summed E-state index contributed by atoms with van der Waals surface area (Å²) in [4.78, 5) is 11.5. The molecule has 0 amide bonds. The fourth-order valence-electron chi connectivity index (χ4n) is 1.15. The van der Waals surface area contributed by atoms with Crippen molar-refractivity contribution >= 4 is 5.97 Å². The van der Waals surface area contributed by atoms with Crippen molar-refractivity contribution in [3.05, 3.63) is 47.5 Å². The molecule has 0 aliphatic rings. The maximum absolute atomic E-state index is 11.5. The lowest BCUT2D eigenvalue weighted by Gasteiger charge is -2.04. The molecule has 0 atom stereocenters. The van der Waals surface area contributed by atoms with E-state index in [0.717, 1.165) is 12.0 Å². The minimum atomic E-state index is -0.291. The van der Waals surface area contributed by atoms with E-state index in [4.69, 9.17) is 4.74 Å². The summed E-state index contributed by atoms with van der Waals surface area (Å²) in [5, 5.41) is 0. The Morgan fingerprint density at radius 3 is 2.40 bits per heavy atom. The molecule has 0 fully saturated rings. The highest BCUT2D eigenvalue weighted by Crippen LogP contribution is 2.07. The van der Waals surface area contributed by atoms with E-state index in [2.05, 4.69) is 13.5 Å². The van der Waals surface area contributed by atoms with Crippen LogP contribution in [-0.2, 0) is 11.2 Å². The first-order valence-electron chi connectivity index (χ1n) is 5.04. The second-order valence-corrected chi connectivity index (χ2v) is 3.58. The van der Waals surface area contributed by atoms with Crippen molar-refractivity contribution in [3.8, 4) is 0 Å². The van der Waals surface area contributed by atoms with E-state index in [-0.39, 0.29) is 12.6 Å². The van der Waals surface area contributed by atoms with Crippen molar-refractivity contribution in [1.29, 1.82) is 0 Å². The molecule has 0 aromatic heterocycles. The van der Waals surface area contributed by atoms with E-state index in [1.807, 2.05) is 19.1 Å². The third-order valence-electron chi connectivity index (χ3n) is 2.05. The lowest BCUT2D eigenvalue weighted by molar-refractivity contribution is 0.0540. The Morgan fingerprint density at radius 1 is 1.33 bits per heavy atom. The topological polar surface area (TPSA) is 26.3 Å². The van der Waals surface area contributed by atoms with Crippen LogP contribution in [0.5, 0.6) is 0 Å². The van der Waals surface area contributed by atoms with E-state index in [1.165, 1.54) is 5.56 Å². The third kappa shape index (κ3) is 3.58. The highest BCUT2D eigenvalue weighted by Gasteiger charge is 2.05. The van der Waals surface area contributed by atoms with Crippen LogP contribution in [0.1, 0.15) is 29.8 Å². The normalized spacial score (nSPS) is 9.73. The van der Waals surface area contributed by atoms with Crippen LogP contribution in [0.2, 0.25) is 0 Å². The first kappa shape index (κ1) is 11.5. The second-order valence-electron chi connectivity index (χ2n) is 3.58. The van der Waals surface area contributed by atoms with Crippen molar-refractivity contribution < 1.29 is 9.53 Å². The Balaban J connectivity index is 2.62. The van der Waals surface area contributed by atoms with Crippen LogP contribution in [-0.4, -0.2) is 12.6 Å². The van der Waals surface area contributed by atoms with Gasteiger partial charge in [-0.3, -0.25) is 0 Å². The maximum Gasteiger partial charge on any atom is 0.338 e. The van der Waals surface area contributed by atoms with Gasteiger partial charge >= 0.3 is 5.97 Å². The fourth-order valence-corrected chi connectivity index (χ4v) is 1.15. The van der Waals surface area contributed by atoms with Crippen molar-refractivity contribution in [3.63, 3.8) is 0 Å². The predicted octanol–water partition coefficient (Wildman–Crippen LogP) is 2.98. The van der Waals surface area contributed by atoms with Crippen LogP contribution in [0.15, 0.2) is 36.4 Å². The number of esters is 1. The largest absolute Gasteiger partial charge is 0.458 e. The first-order valence-corrected chi connectivity index (χ1v) is 5.04. The molecule has 15 heavy (non-hydrogen) atoms. The zero-order valence-electron chi connectivity index (χ0n) is 9.25. The summed E-state index contributed by atoms with van der Waals surface area (Å²) in [6.07, 6.45) is 0.973. The van der Waals surface area contributed by atoms with Crippen LogP contribution in [0.3, 0.4) is 0 Å². The standard InChI is InChI=1S/C13H16O2/c1-4-11-5-7-12(8-6-11)13(14)15-9-10(2)3/h5-8H,2,4,9H2,1,3H3. The average Bonchev–Trinajstić information content (AvgIpc) is 2.26. The van der Waals surface area contributed by atoms with E-state index >= 15 is 0 Å². The number of ether oxygens (including phenoxy) is 1. The SMILES string of the molecule is C=C(C)COC(=O)c1ccc(CC)cc1. The molecule has 0 aliphatic heterocycles. The van der Waals surface area contributed by atoms with Crippen LogP contribution in [0.4, 0.5) is 0 Å². The number of benzene rings is 1. The van der Waals surface area contributed by atoms with Gasteiger partial charge in [0, 0.05) is 0 Å². The molecule has 80 valence electrons. The third-order valence-corrected chi connectivity index (χ3v) is 2.05. The van der Waals surface area contributed by atoms with Gasteiger partial charge in [-0.2, -0.15) is 0 Å². The molecular weight excluding hydrogens is 188 g/mol. The smallest absolute Gasteiger partial charge is 0.338 e. The van der Waals surface area contributed by atoms with Gasteiger partial charge in [-0.25, -0.2) is 4.79 Å². The molecule has 1 aromatic carbocycles. The minimum absolute atomic E-state index is 0.286. The van der Waals surface area contributed by atoms with E-state index in [9.17, 15) is 4.79 Å². The number of aryl methyl sites for hydroxylation is 1. The summed E-state index contributed by atoms with van der Waals surface area (Å²) in [5.74, 6) is -0.291. The van der Waals surface area contributed by atoms with E-state index in [0.29, 0.717) is 5.56 Å². The Morgan fingerprint density at radius 2 is 1.93 bits per heavy atom. The molecule has 0 aliphatic carbocycles. The highest BCUT2D eigenvalue weighted by molar-refractivity contribution is 5.89. The summed E-state index contributed by atoms with van der Waals surface area (Å²) in [6.45, 7) is 7.86. The number of hydrogen-bond donors (Lipinski definition) is 0. The van der Waals surface area contributed by atoms with E-state index < -0.39 is 0 Å². The van der Waals surface area contributed by atoms with Crippen molar-refractivity contribution in [2.45, 2.75) is 20.3 Å². The van der Waals surface area contributed by atoms with Gasteiger partial charge in [0.05, 0.1) is 5.56 Å². The Bertz CT molecular complexity index is 349. The molecule has 1 aromatic rings. The van der Waals surface area contributed by atoms with Gasteiger partial charge in [-0.05, 0) is 36.6 Å². The van der Waals surface area contributed by atoms with Gasteiger partial charge in [0.15, 0.2) is 0 Å². The molecule has 0 spiro atoms. The molecule has 0 heterocycles. The lowest BCUT2D eigenvalue weighted by Crippen LogP contribution is -2.06. The summed E-state index contributed by atoms with van der Waals surface area (Å²) in [5.41, 5.74) is 2.65. The molecular formula is C13H16O2. The van der Waals surface area contributed by atoms with Gasteiger partial charge in [-0.1, -0.05) is 25.6 Å². The van der Waals surface area contributed by atoms with Gasteiger partial charge in [-0.15, -0.1) is 0 Å². The number of rotatable bonds is 4. The molecule has 0 radical (unpaired) electrons. The summed E-state index contributed by atoms with van der Waals surface area (Å²) < 4.78 is 5.02. The van der Waals surface area contributed by atoms with Gasteiger partial charge in [0.1, 0.15) is 6.61 Å². The summed E-state index contributed by atoms with van der Waals surface area (Å²) >= 11 is 0. The highest BCUT2D eigenvalue weighted by atomic mass is 16.5. The molecule has 2 heteroatoms. The second kappa shape index (κ2) is 5.35. The monoisotopic (exact) mass is 204 g/mol. The minimum Gasteiger partial charge on any atom is -0.458 e. The van der Waals surface area contributed by atoms with Gasteiger partial charge in [0.2, 0.25) is 0 Å². The van der Waals surface area contributed by atoms with Crippen LogP contribution < -0.4 is 0 Å². The Hall–Kier alpha value is -1.57. The quantitative estimate of drug-likeness (QED) is 0.556. The first-order chi connectivity index (χ1) is 7.13. The van der Waals surface area contributed by atoms with Gasteiger partial charge < -0.3 is 4.74 Å². The van der Waals surface area contributed by atoms with Crippen LogP contribution in [0, 0.1) is 0 Å². The molecule has 0 N–H and O–H groups in total. The zero-order valence-corrected chi connectivity index (χ0v) is 9.25. The molecule has 0 saturated heterocycles. The number of carbonyl (C=O) groups is 1. The van der Waals surface area contributed by atoms with E-state index in [1.54, 1.807) is 12.1 Å². The average molecular weight is 204 g/mol. The number of carbonyl (C=O) groups excluding carboxylic acids is 1. The van der Waals surface area contributed by atoms with Crippen LogP contribution >= 0.6 is 0 Å².